The Hall–Kier alpha value is -1.92. The predicted molar refractivity (Wildman–Crippen MR) is 99.7 cm³/mol. The highest BCUT2D eigenvalue weighted by Gasteiger charge is 2.21. The largest absolute Gasteiger partial charge is 0.379 e. The lowest BCUT2D eigenvalue weighted by Crippen LogP contribution is -2.44. The van der Waals surface area contributed by atoms with E-state index in [9.17, 15) is 9.59 Å². The summed E-state index contributed by atoms with van der Waals surface area (Å²) in [7, 11) is 0. The van der Waals surface area contributed by atoms with Gasteiger partial charge in [0.15, 0.2) is 0 Å². The average Bonchev–Trinajstić information content (AvgIpc) is 2.68. The van der Waals surface area contributed by atoms with Crippen molar-refractivity contribution in [3.8, 4) is 0 Å². The molecule has 0 bridgehead atoms. The summed E-state index contributed by atoms with van der Waals surface area (Å²) in [5, 5.41) is 0. The Balaban J connectivity index is 1.46. The molecular formula is C20H29N3O3. The second kappa shape index (κ2) is 9.14. The Kier molecular flexibility index (Phi) is 6.63. The SMILES string of the molecule is CC(=O)N(CCC(=O)N1CCc2ccccc2C1)CCN1CCOCC1. The lowest BCUT2D eigenvalue weighted by Gasteiger charge is -2.31. The highest BCUT2D eigenvalue weighted by Crippen LogP contribution is 2.19. The van der Waals surface area contributed by atoms with Crippen LogP contribution in [0.2, 0.25) is 0 Å². The molecule has 0 atom stereocenters. The van der Waals surface area contributed by atoms with Crippen LogP contribution >= 0.6 is 0 Å². The monoisotopic (exact) mass is 359 g/mol. The van der Waals surface area contributed by atoms with E-state index in [1.54, 1.807) is 11.8 Å². The normalized spacial score (nSPS) is 17.7. The van der Waals surface area contributed by atoms with Gasteiger partial charge in [-0.15, -0.1) is 0 Å². The first-order chi connectivity index (χ1) is 12.6. The number of morpholine rings is 1. The van der Waals surface area contributed by atoms with Gasteiger partial charge in [0.1, 0.15) is 0 Å². The molecule has 0 unspecified atom stereocenters. The number of fused-ring (bicyclic) bond motifs is 1. The molecular weight excluding hydrogens is 330 g/mol. The predicted octanol–water partition coefficient (Wildman–Crippen LogP) is 1.14. The summed E-state index contributed by atoms with van der Waals surface area (Å²) < 4.78 is 5.35. The molecule has 0 saturated carbocycles. The van der Waals surface area contributed by atoms with E-state index in [0.717, 1.165) is 45.8 Å². The molecule has 0 aromatic heterocycles. The van der Waals surface area contributed by atoms with Crippen molar-refractivity contribution in [2.45, 2.75) is 26.3 Å². The number of rotatable bonds is 6. The minimum Gasteiger partial charge on any atom is -0.379 e. The Morgan fingerprint density at radius 3 is 2.54 bits per heavy atom. The summed E-state index contributed by atoms with van der Waals surface area (Å²) in [6, 6.07) is 8.31. The van der Waals surface area contributed by atoms with Crippen LogP contribution in [0.4, 0.5) is 0 Å². The third-order valence-corrected chi connectivity index (χ3v) is 5.31. The quantitative estimate of drug-likeness (QED) is 0.764. The molecule has 1 aromatic rings. The molecule has 2 aliphatic rings. The first-order valence-corrected chi connectivity index (χ1v) is 9.53. The first kappa shape index (κ1) is 18.9. The van der Waals surface area contributed by atoms with E-state index in [-0.39, 0.29) is 11.8 Å². The molecule has 1 fully saturated rings. The minimum atomic E-state index is 0.0371. The van der Waals surface area contributed by atoms with Gasteiger partial charge in [-0.2, -0.15) is 0 Å². The van der Waals surface area contributed by atoms with E-state index < -0.39 is 0 Å². The van der Waals surface area contributed by atoms with E-state index in [0.29, 0.717) is 26.1 Å². The molecule has 0 aliphatic carbocycles. The minimum absolute atomic E-state index is 0.0371. The number of hydrogen-bond acceptors (Lipinski definition) is 4. The molecule has 3 rings (SSSR count). The summed E-state index contributed by atoms with van der Waals surface area (Å²) in [5.74, 6) is 0.173. The van der Waals surface area contributed by atoms with E-state index in [2.05, 4.69) is 23.1 Å². The van der Waals surface area contributed by atoms with Crippen LogP contribution in [0.3, 0.4) is 0 Å². The van der Waals surface area contributed by atoms with Crippen molar-refractivity contribution in [1.82, 2.24) is 14.7 Å². The lowest BCUT2D eigenvalue weighted by molar-refractivity contribution is -0.134. The maximum Gasteiger partial charge on any atom is 0.224 e. The number of ether oxygens (including phenoxy) is 1. The van der Waals surface area contributed by atoms with Crippen LogP contribution in [0.5, 0.6) is 0 Å². The molecule has 2 heterocycles. The Morgan fingerprint density at radius 1 is 1.08 bits per heavy atom. The van der Waals surface area contributed by atoms with Gasteiger partial charge in [0, 0.05) is 59.2 Å². The van der Waals surface area contributed by atoms with Gasteiger partial charge in [-0.3, -0.25) is 14.5 Å². The summed E-state index contributed by atoms with van der Waals surface area (Å²) >= 11 is 0. The lowest BCUT2D eigenvalue weighted by atomic mass is 10.00. The molecule has 1 aromatic carbocycles. The number of benzene rings is 1. The third-order valence-electron chi connectivity index (χ3n) is 5.31. The van der Waals surface area contributed by atoms with Crippen LogP contribution in [-0.4, -0.2) is 79.0 Å². The molecule has 1 saturated heterocycles. The Bertz CT molecular complexity index is 628. The van der Waals surface area contributed by atoms with Crippen LogP contribution in [0.25, 0.3) is 0 Å². The highest BCUT2D eigenvalue weighted by molar-refractivity contribution is 5.78. The van der Waals surface area contributed by atoms with Crippen LogP contribution in [-0.2, 0) is 27.3 Å². The number of amides is 2. The van der Waals surface area contributed by atoms with Crippen LogP contribution < -0.4 is 0 Å². The summed E-state index contributed by atoms with van der Waals surface area (Å²) in [5.41, 5.74) is 2.58. The van der Waals surface area contributed by atoms with Crippen LogP contribution in [0.1, 0.15) is 24.5 Å². The van der Waals surface area contributed by atoms with Crippen molar-refractivity contribution in [2.75, 3.05) is 52.5 Å². The highest BCUT2D eigenvalue weighted by atomic mass is 16.5. The molecule has 26 heavy (non-hydrogen) atoms. The molecule has 142 valence electrons. The van der Waals surface area contributed by atoms with Gasteiger partial charge in [0.2, 0.25) is 11.8 Å². The van der Waals surface area contributed by atoms with Crippen molar-refractivity contribution in [3.63, 3.8) is 0 Å². The third kappa shape index (κ3) is 5.05. The van der Waals surface area contributed by atoms with Gasteiger partial charge in [-0.1, -0.05) is 24.3 Å². The molecule has 0 spiro atoms. The van der Waals surface area contributed by atoms with Gasteiger partial charge in [0.25, 0.3) is 0 Å². The van der Waals surface area contributed by atoms with Crippen molar-refractivity contribution >= 4 is 11.8 Å². The average molecular weight is 359 g/mol. The van der Waals surface area contributed by atoms with E-state index in [1.165, 1.54) is 11.1 Å². The Labute approximate surface area is 155 Å². The van der Waals surface area contributed by atoms with Gasteiger partial charge in [0.05, 0.1) is 13.2 Å². The van der Waals surface area contributed by atoms with Gasteiger partial charge in [-0.25, -0.2) is 0 Å². The fraction of sp³-hybridized carbons (Fsp3) is 0.600. The van der Waals surface area contributed by atoms with Crippen LogP contribution in [0, 0.1) is 0 Å². The second-order valence-electron chi connectivity index (χ2n) is 7.04. The first-order valence-electron chi connectivity index (χ1n) is 9.53. The number of hydrogen-bond donors (Lipinski definition) is 0. The number of carbonyl (C=O) groups is 2. The van der Waals surface area contributed by atoms with Crippen LogP contribution in [0.15, 0.2) is 24.3 Å². The maximum absolute atomic E-state index is 12.6. The zero-order valence-corrected chi connectivity index (χ0v) is 15.7. The Morgan fingerprint density at radius 2 is 1.81 bits per heavy atom. The summed E-state index contributed by atoms with van der Waals surface area (Å²) in [6.07, 6.45) is 1.31. The van der Waals surface area contributed by atoms with Gasteiger partial charge >= 0.3 is 0 Å². The molecule has 2 amide bonds. The maximum atomic E-state index is 12.6. The van der Waals surface area contributed by atoms with E-state index >= 15 is 0 Å². The molecule has 2 aliphatic heterocycles. The zero-order valence-electron chi connectivity index (χ0n) is 15.7. The van der Waals surface area contributed by atoms with Gasteiger partial charge in [-0.05, 0) is 17.5 Å². The smallest absolute Gasteiger partial charge is 0.224 e. The molecule has 0 radical (unpaired) electrons. The summed E-state index contributed by atoms with van der Waals surface area (Å²) in [4.78, 5) is 30.6. The fourth-order valence-electron chi connectivity index (χ4n) is 3.61. The van der Waals surface area contributed by atoms with Crippen molar-refractivity contribution in [3.05, 3.63) is 35.4 Å². The topological polar surface area (TPSA) is 53.1 Å². The fourth-order valence-corrected chi connectivity index (χ4v) is 3.61. The zero-order chi connectivity index (χ0) is 18.4. The molecule has 0 N–H and O–H groups in total. The molecule has 6 nitrogen and oxygen atoms in total. The van der Waals surface area contributed by atoms with Crippen molar-refractivity contribution < 1.29 is 14.3 Å². The second-order valence-corrected chi connectivity index (χ2v) is 7.04. The van der Waals surface area contributed by atoms with Crippen molar-refractivity contribution in [1.29, 1.82) is 0 Å². The number of carbonyl (C=O) groups excluding carboxylic acids is 2. The van der Waals surface area contributed by atoms with E-state index in [1.807, 2.05) is 11.0 Å². The standard InChI is InChI=1S/C20H29N3O3/c1-17(24)22(11-10-21-12-14-26-15-13-21)9-7-20(25)23-8-6-18-4-2-3-5-19(18)16-23/h2-5H,6-16H2,1H3. The molecule has 6 heteroatoms. The van der Waals surface area contributed by atoms with Gasteiger partial charge < -0.3 is 14.5 Å². The summed E-state index contributed by atoms with van der Waals surface area (Å²) in [6.45, 7) is 8.39. The van der Waals surface area contributed by atoms with E-state index in [4.69, 9.17) is 4.74 Å². The number of nitrogens with zero attached hydrogens (tertiary/aromatic N) is 3. The van der Waals surface area contributed by atoms with Crippen molar-refractivity contribution in [2.24, 2.45) is 0 Å².